The first-order valence-corrected chi connectivity index (χ1v) is 5.68. The molecule has 0 aliphatic rings. The highest BCUT2D eigenvalue weighted by Gasteiger charge is 2.01. The Bertz CT molecular complexity index is 298. The number of guanidine groups is 1. The van der Waals surface area contributed by atoms with Gasteiger partial charge in [-0.25, -0.2) is 4.99 Å². The first kappa shape index (κ1) is 12.0. The molecule has 0 saturated heterocycles. The molecule has 1 rings (SSSR count). The number of hydrogen-bond acceptors (Lipinski definition) is 3. The van der Waals surface area contributed by atoms with Gasteiger partial charge in [-0.05, 0) is 18.4 Å². The predicted octanol–water partition coefficient (Wildman–Crippen LogP) is 1.19. The maximum Gasteiger partial charge on any atom is 0.189 e. The number of nitrogens with zero attached hydrogens (tertiary/aromatic N) is 1. The normalized spacial score (nSPS) is 13.9. The predicted molar refractivity (Wildman–Crippen MR) is 64.1 cm³/mol. The van der Waals surface area contributed by atoms with Crippen molar-refractivity contribution in [3.63, 3.8) is 0 Å². The van der Waals surface area contributed by atoms with Crippen molar-refractivity contribution < 1.29 is 4.74 Å². The molecule has 84 valence electrons. The zero-order chi connectivity index (χ0) is 11.1. The second-order valence-electron chi connectivity index (χ2n) is 3.28. The lowest BCUT2D eigenvalue weighted by atomic mass is 10.4. The van der Waals surface area contributed by atoms with Crippen molar-refractivity contribution in [3.8, 4) is 0 Å². The van der Waals surface area contributed by atoms with Gasteiger partial charge in [0.05, 0.1) is 13.2 Å². The number of aliphatic imine (C=N–C) groups is 1. The Kier molecular flexibility index (Phi) is 5.14. The van der Waals surface area contributed by atoms with E-state index in [0.29, 0.717) is 19.1 Å². The maximum absolute atomic E-state index is 5.71. The molecule has 3 N–H and O–H groups in total. The van der Waals surface area contributed by atoms with Crippen molar-refractivity contribution in [2.24, 2.45) is 10.7 Å². The van der Waals surface area contributed by atoms with Crippen molar-refractivity contribution in [1.29, 1.82) is 0 Å². The van der Waals surface area contributed by atoms with Crippen molar-refractivity contribution in [2.75, 3.05) is 13.7 Å². The van der Waals surface area contributed by atoms with Crippen LogP contribution in [0, 0.1) is 0 Å². The molecule has 0 aliphatic heterocycles. The number of hydrogen-bond donors (Lipinski definition) is 2. The van der Waals surface area contributed by atoms with Gasteiger partial charge in [-0.3, -0.25) is 0 Å². The van der Waals surface area contributed by atoms with Gasteiger partial charge in [-0.15, -0.1) is 11.3 Å². The van der Waals surface area contributed by atoms with E-state index in [9.17, 15) is 0 Å². The summed E-state index contributed by atoms with van der Waals surface area (Å²) >= 11 is 1.68. The van der Waals surface area contributed by atoms with Crippen LogP contribution in [-0.4, -0.2) is 25.7 Å². The molecule has 0 amide bonds. The molecule has 1 atom stereocenters. The summed E-state index contributed by atoms with van der Waals surface area (Å²) < 4.78 is 4.98. The average molecular weight is 227 g/mol. The van der Waals surface area contributed by atoms with E-state index in [4.69, 9.17) is 10.5 Å². The van der Waals surface area contributed by atoms with Crippen LogP contribution in [0.3, 0.4) is 0 Å². The van der Waals surface area contributed by atoms with E-state index in [-0.39, 0.29) is 6.04 Å². The highest BCUT2D eigenvalue weighted by molar-refractivity contribution is 7.09. The van der Waals surface area contributed by atoms with E-state index in [0.717, 1.165) is 0 Å². The van der Waals surface area contributed by atoms with Crippen LogP contribution in [0.15, 0.2) is 22.5 Å². The standard InChI is InChI=1S/C10H17N3OS/c1-8(7-14-2)13-10(11)12-6-9-4-3-5-15-9/h3-5,8H,6-7H2,1-2H3,(H3,11,12,13)/t8-/m1/s1. The van der Waals surface area contributed by atoms with Crippen LogP contribution < -0.4 is 11.1 Å². The molecular formula is C10H17N3OS. The van der Waals surface area contributed by atoms with E-state index in [2.05, 4.69) is 10.3 Å². The summed E-state index contributed by atoms with van der Waals surface area (Å²) in [5.41, 5.74) is 5.71. The summed E-state index contributed by atoms with van der Waals surface area (Å²) in [5.74, 6) is 0.466. The van der Waals surface area contributed by atoms with Gasteiger partial charge in [-0.2, -0.15) is 0 Å². The van der Waals surface area contributed by atoms with Crippen molar-refractivity contribution >= 4 is 17.3 Å². The summed E-state index contributed by atoms with van der Waals surface area (Å²) in [5, 5.41) is 5.08. The summed E-state index contributed by atoms with van der Waals surface area (Å²) in [6, 6.07) is 4.23. The van der Waals surface area contributed by atoms with Gasteiger partial charge in [0.15, 0.2) is 5.96 Å². The van der Waals surface area contributed by atoms with E-state index < -0.39 is 0 Å². The van der Waals surface area contributed by atoms with Gasteiger partial charge < -0.3 is 15.8 Å². The highest BCUT2D eigenvalue weighted by Crippen LogP contribution is 2.08. The third kappa shape index (κ3) is 4.80. The Hall–Kier alpha value is -1.07. The number of ether oxygens (including phenoxy) is 1. The Labute approximate surface area is 94.2 Å². The average Bonchev–Trinajstić information content (AvgIpc) is 2.67. The largest absolute Gasteiger partial charge is 0.383 e. The zero-order valence-electron chi connectivity index (χ0n) is 9.06. The van der Waals surface area contributed by atoms with Crippen LogP contribution >= 0.6 is 11.3 Å². The molecule has 15 heavy (non-hydrogen) atoms. The zero-order valence-corrected chi connectivity index (χ0v) is 9.88. The van der Waals surface area contributed by atoms with Crippen LogP contribution in [0.5, 0.6) is 0 Å². The number of nitrogens with one attached hydrogen (secondary N) is 1. The first-order valence-electron chi connectivity index (χ1n) is 4.80. The number of methoxy groups -OCH3 is 1. The topological polar surface area (TPSA) is 59.6 Å². The van der Waals surface area contributed by atoms with Gasteiger partial charge in [0.25, 0.3) is 0 Å². The van der Waals surface area contributed by atoms with Gasteiger partial charge in [0.2, 0.25) is 0 Å². The van der Waals surface area contributed by atoms with Gasteiger partial charge in [0, 0.05) is 18.0 Å². The molecule has 0 aromatic carbocycles. The van der Waals surface area contributed by atoms with Crippen molar-refractivity contribution in [1.82, 2.24) is 5.32 Å². The van der Waals surface area contributed by atoms with E-state index in [1.165, 1.54) is 4.88 Å². The van der Waals surface area contributed by atoms with Crippen LogP contribution in [-0.2, 0) is 11.3 Å². The summed E-state index contributed by atoms with van der Waals surface area (Å²) in [6.45, 7) is 3.25. The fraction of sp³-hybridized carbons (Fsp3) is 0.500. The van der Waals surface area contributed by atoms with E-state index >= 15 is 0 Å². The lowest BCUT2D eigenvalue weighted by Crippen LogP contribution is -2.40. The third-order valence-corrected chi connectivity index (χ3v) is 2.66. The molecule has 5 heteroatoms. The highest BCUT2D eigenvalue weighted by atomic mass is 32.1. The molecule has 0 aliphatic carbocycles. The quantitative estimate of drug-likeness (QED) is 0.587. The molecular weight excluding hydrogens is 210 g/mol. The first-order chi connectivity index (χ1) is 7.22. The molecule has 0 spiro atoms. The number of rotatable bonds is 5. The fourth-order valence-corrected chi connectivity index (χ4v) is 1.78. The Morgan fingerprint density at radius 1 is 1.73 bits per heavy atom. The van der Waals surface area contributed by atoms with Crippen LogP contribution in [0.1, 0.15) is 11.8 Å². The summed E-state index contributed by atoms with van der Waals surface area (Å²) in [7, 11) is 1.66. The minimum Gasteiger partial charge on any atom is -0.383 e. The number of nitrogens with two attached hydrogens (primary N) is 1. The number of thiophene rings is 1. The lowest BCUT2D eigenvalue weighted by molar-refractivity contribution is 0.179. The molecule has 1 aromatic rings. The summed E-state index contributed by atoms with van der Waals surface area (Å²) in [4.78, 5) is 5.43. The van der Waals surface area contributed by atoms with E-state index in [1.54, 1.807) is 18.4 Å². The third-order valence-electron chi connectivity index (χ3n) is 1.80. The molecule has 0 bridgehead atoms. The van der Waals surface area contributed by atoms with Gasteiger partial charge in [0.1, 0.15) is 0 Å². The SMILES string of the molecule is COC[C@@H](C)NC(N)=NCc1cccs1. The molecule has 1 heterocycles. The van der Waals surface area contributed by atoms with Crippen molar-refractivity contribution in [3.05, 3.63) is 22.4 Å². The van der Waals surface area contributed by atoms with Gasteiger partial charge in [-0.1, -0.05) is 6.07 Å². The van der Waals surface area contributed by atoms with Gasteiger partial charge >= 0.3 is 0 Å². The molecule has 0 fully saturated rings. The molecule has 1 aromatic heterocycles. The van der Waals surface area contributed by atoms with Crippen LogP contribution in [0.25, 0.3) is 0 Å². The lowest BCUT2D eigenvalue weighted by Gasteiger charge is -2.12. The second-order valence-corrected chi connectivity index (χ2v) is 4.31. The second kappa shape index (κ2) is 6.42. The smallest absolute Gasteiger partial charge is 0.189 e. The Morgan fingerprint density at radius 3 is 3.13 bits per heavy atom. The van der Waals surface area contributed by atoms with Crippen LogP contribution in [0.4, 0.5) is 0 Å². The summed E-state index contributed by atoms with van der Waals surface area (Å²) in [6.07, 6.45) is 0. The fourth-order valence-electron chi connectivity index (χ4n) is 1.16. The minimum absolute atomic E-state index is 0.182. The van der Waals surface area contributed by atoms with E-state index in [1.807, 2.05) is 24.4 Å². The monoisotopic (exact) mass is 227 g/mol. The van der Waals surface area contributed by atoms with Crippen LogP contribution in [0.2, 0.25) is 0 Å². The molecule has 0 radical (unpaired) electrons. The van der Waals surface area contributed by atoms with Crippen molar-refractivity contribution in [2.45, 2.75) is 19.5 Å². The Balaban J connectivity index is 2.33. The minimum atomic E-state index is 0.182. The molecule has 4 nitrogen and oxygen atoms in total. The molecule has 0 saturated carbocycles. The molecule has 0 unspecified atom stereocenters. The Morgan fingerprint density at radius 2 is 2.53 bits per heavy atom. The maximum atomic E-state index is 5.71.